The van der Waals surface area contributed by atoms with Crippen LogP contribution in [-0.2, 0) is 0 Å². The van der Waals surface area contributed by atoms with Crippen molar-refractivity contribution in [2.24, 2.45) is 0 Å². The summed E-state index contributed by atoms with van der Waals surface area (Å²) in [6, 6.07) is 7.61. The molecule has 0 aliphatic rings. The molecule has 2 aromatic carbocycles. The van der Waals surface area contributed by atoms with Gasteiger partial charge in [-0.2, -0.15) is 0 Å². The molecule has 1 amide bonds. The summed E-state index contributed by atoms with van der Waals surface area (Å²) >= 11 is 7.56. The van der Waals surface area contributed by atoms with Gasteiger partial charge in [0.1, 0.15) is 17.1 Å². The molecule has 0 N–H and O–H groups in total. The minimum Gasteiger partial charge on any atom is -0.494 e. The van der Waals surface area contributed by atoms with Crippen LogP contribution in [-0.4, -0.2) is 50.1 Å². The Morgan fingerprint density at radius 3 is 2.59 bits per heavy atom. The van der Waals surface area contributed by atoms with E-state index in [-0.39, 0.29) is 28.9 Å². The fourth-order valence-electron chi connectivity index (χ4n) is 2.77. The van der Waals surface area contributed by atoms with Crippen molar-refractivity contribution in [2.45, 2.75) is 6.92 Å². The molecule has 0 saturated carbocycles. The number of likely N-dealkylation sites (N-methyl/N-ethyl adjacent to an activating group) is 1. The largest absolute Gasteiger partial charge is 0.494 e. The summed E-state index contributed by atoms with van der Waals surface area (Å²) in [7, 11) is 5.45. The number of methoxy groups -OCH3 is 1. The van der Waals surface area contributed by atoms with Crippen molar-refractivity contribution >= 4 is 56.6 Å². The molecule has 1 aromatic heterocycles. The molecule has 5 nitrogen and oxygen atoms in total. The lowest BCUT2D eigenvalue weighted by Crippen LogP contribution is -2.36. The lowest BCUT2D eigenvalue weighted by atomic mass is 10.2. The number of halogens is 3. The standard InChI is InChI=1S/C20H21ClFN3O2S.ClH/c1-12-5-8-16(27-4)17-18(12)28-20(23-17)25(10-9-24(2)3)19(26)14-7-6-13(22)11-15(14)21;/h5-8,11H,9-10H2,1-4H3;1H. The number of aryl methyl sites for hydroxylation is 1. The van der Waals surface area contributed by atoms with E-state index in [0.29, 0.717) is 24.0 Å². The van der Waals surface area contributed by atoms with Crippen LogP contribution in [0.1, 0.15) is 15.9 Å². The number of anilines is 1. The highest BCUT2D eigenvalue weighted by molar-refractivity contribution is 7.22. The highest BCUT2D eigenvalue weighted by Crippen LogP contribution is 2.37. The Balaban J connectivity index is 0.00000300. The quantitative estimate of drug-likeness (QED) is 0.520. The van der Waals surface area contributed by atoms with Gasteiger partial charge in [0, 0.05) is 13.1 Å². The Morgan fingerprint density at radius 1 is 1.24 bits per heavy atom. The van der Waals surface area contributed by atoms with Gasteiger partial charge >= 0.3 is 0 Å². The van der Waals surface area contributed by atoms with Crippen LogP contribution in [0.25, 0.3) is 10.2 Å². The molecule has 0 spiro atoms. The van der Waals surface area contributed by atoms with Gasteiger partial charge in [0.25, 0.3) is 5.91 Å². The summed E-state index contributed by atoms with van der Waals surface area (Å²) in [6.07, 6.45) is 0. The van der Waals surface area contributed by atoms with Crippen LogP contribution in [0.5, 0.6) is 5.75 Å². The second-order valence-corrected chi connectivity index (χ2v) is 8.03. The van der Waals surface area contributed by atoms with Gasteiger partial charge in [-0.05, 0) is 50.8 Å². The van der Waals surface area contributed by atoms with E-state index in [1.807, 2.05) is 38.1 Å². The summed E-state index contributed by atoms with van der Waals surface area (Å²) in [4.78, 5) is 21.5. The molecule has 0 aliphatic heterocycles. The maximum absolute atomic E-state index is 13.4. The third kappa shape index (κ3) is 4.98. The first kappa shape index (κ1) is 23.3. The fourth-order valence-corrected chi connectivity index (χ4v) is 4.09. The number of aromatic nitrogens is 1. The molecule has 29 heavy (non-hydrogen) atoms. The number of benzene rings is 2. The first-order valence-electron chi connectivity index (χ1n) is 8.67. The molecule has 0 bridgehead atoms. The number of hydrogen-bond donors (Lipinski definition) is 0. The highest BCUT2D eigenvalue weighted by atomic mass is 35.5. The Kier molecular flexibility index (Phi) is 7.82. The lowest BCUT2D eigenvalue weighted by molar-refractivity contribution is 0.0985. The van der Waals surface area contributed by atoms with Crippen LogP contribution in [0.15, 0.2) is 30.3 Å². The molecular formula is C20H22Cl2FN3O2S. The van der Waals surface area contributed by atoms with E-state index in [1.54, 1.807) is 12.0 Å². The van der Waals surface area contributed by atoms with E-state index in [9.17, 15) is 9.18 Å². The molecule has 0 aliphatic carbocycles. The number of nitrogens with zero attached hydrogens (tertiary/aromatic N) is 3. The zero-order valence-corrected chi connectivity index (χ0v) is 18.9. The molecule has 3 aromatic rings. The normalized spacial score (nSPS) is 10.9. The van der Waals surface area contributed by atoms with Crippen molar-refractivity contribution in [3.63, 3.8) is 0 Å². The van der Waals surface area contributed by atoms with Gasteiger partial charge in [0.2, 0.25) is 0 Å². The van der Waals surface area contributed by atoms with E-state index < -0.39 is 5.82 Å². The molecule has 9 heteroatoms. The van der Waals surface area contributed by atoms with E-state index in [2.05, 4.69) is 4.98 Å². The van der Waals surface area contributed by atoms with Crippen LogP contribution < -0.4 is 9.64 Å². The highest BCUT2D eigenvalue weighted by Gasteiger charge is 2.24. The van der Waals surface area contributed by atoms with Crippen molar-refractivity contribution in [3.8, 4) is 5.75 Å². The van der Waals surface area contributed by atoms with Crippen LogP contribution in [0.3, 0.4) is 0 Å². The maximum atomic E-state index is 13.4. The number of fused-ring (bicyclic) bond motifs is 1. The molecule has 0 radical (unpaired) electrons. The number of rotatable bonds is 6. The Hall–Kier alpha value is -1.93. The zero-order chi connectivity index (χ0) is 20.4. The number of hydrogen-bond acceptors (Lipinski definition) is 5. The van der Waals surface area contributed by atoms with Crippen molar-refractivity contribution < 1.29 is 13.9 Å². The van der Waals surface area contributed by atoms with Gasteiger partial charge in [0.05, 0.1) is 22.4 Å². The summed E-state index contributed by atoms with van der Waals surface area (Å²) < 4.78 is 19.8. The van der Waals surface area contributed by atoms with Gasteiger partial charge in [-0.3, -0.25) is 9.69 Å². The number of carbonyl (C=O) groups excluding carboxylic acids is 1. The van der Waals surface area contributed by atoms with Crippen molar-refractivity contribution in [2.75, 3.05) is 39.2 Å². The minimum absolute atomic E-state index is 0. The second kappa shape index (κ2) is 9.71. The molecular weight excluding hydrogens is 436 g/mol. The van der Waals surface area contributed by atoms with Crippen LogP contribution in [0.2, 0.25) is 5.02 Å². The third-order valence-corrected chi connectivity index (χ3v) is 5.85. The van der Waals surface area contributed by atoms with Gasteiger partial charge in [-0.15, -0.1) is 12.4 Å². The maximum Gasteiger partial charge on any atom is 0.261 e. The Labute approximate surface area is 184 Å². The molecule has 0 unspecified atom stereocenters. The van der Waals surface area contributed by atoms with E-state index >= 15 is 0 Å². The summed E-state index contributed by atoms with van der Waals surface area (Å²) in [5, 5.41) is 0.629. The topological polar surface area (TPSA) is 45.7 Å². The van der Waals surface area contributed by atoms with Gasteiger partial charge < -0.3 is 9.64 Å². The van der Waals surface area contributed by atoms with Crippen molar-refractivity contribution in [3.05, 3.63) is 52.3 Å². The molecule has 0 saturated heterocycles. The molecule has 3 rings (SSSR count). The number of ether oxygens (including phenoxy) is 1. The monoisotopic (exact) mass is 457 g/mol. The summed E-state index contributed by atoms with van der Waals surface area (Å²) in [5.41, 5.74) is 2.01. The molecule has 1 heterocycles. The number of carbonyl (C=O) groups is 1. The predicted octanol–water partition coefficient (Wildman–Crippen LogP) is 5.04. The summed E-state index contributed by atoms with van der Waals surface area (Å²) in [6.45, 7) is 3.05. The van der Waals surface area contributed by atoms with E-state index in [4.69, 9.17) is 16.3 Å². The van der Waals surface area contributed by atoms with Gasteiger partial charge in [-0.25, -0.2) is 9.37 Å². The average molecular weight is 458 g/mol. The van der Waals surface area contributed by atoms with Crippen LogP contribution >= 0.6 is 35.3 Å². The zero-order valence-electron chi connectivity index (χ0n) is 16.5. The van der Waals surface area contributed by atoms with E-state index in [0.717, 1.165) is 21.8 Å². The van der Waals surface area contributed by atoms with Crippen LogP contribution in [0, 0.1) is 12.7 Å². The smallest absolute Gasteiger partial charge is 0.261 e. The third-order valence-electron chi connectivity index (χ3n) is 4.32. The predicted molar refractivity (Wildman–Crippen MR) is 120 cm³/mol. The van der Waals surface area contributed by atoms with Gasteiger partial charge in [0.15, 0.2) is 5.13 Å². The van der Waals surface area contributed by atoms with E-state index in [1.165, 1.54) is 23.5 Å². The molecule has 156 valence electrons. The van der Waals surface area contributed by atoms with Crippen LogP contribution in [0.4, 0.5) is 9.52 Å². The molecule has 0 atom stereocenters. The lowest BCUT2D eigenvalue weighted by Gasteiger charge is -2.22. The first-order valence-corrected chi connectivity index (χ1v) is 9.87. The minimum atomic E-state index is -0.485. The number of thiazole rings is 1. The number of amides is 1. The second-order valence-electron chi connectivity index (χ2n) is 6.64. The summed E-state index contributed by atoms with van der Waals surface area (Å²) in [5.74, 6) is -0.146. The Morgan fingerprint density at radius 2 is 1.97 bits per heavy atom. The average Bonchev–Trinajstić information content (AvgIpc) is 3.08. The molecule has 0 fully saturated rings. The Bertz CT molecular complexity index is 1030. The van der Waals surface area contributed by atoms with Gasteiger partial charge in [-0.1, -0.05) is 29.0 Å². The first-order chi connectivity index (χ1) is 13.3. The van der Waals surface area contributed by atoms with Crippen molar-refractivity contribution in [1.82, 2.24) is 9.88 Å². The van der Waals surface area contributed by atoms with Crippen molar-refractivity contribution in [1.29, 1.82) is 0 Å². The SMILES string of the molecule is COc1ccc(C)c2sc(N(CCN(C)C)C(=O)c3ccc(F)cc3Cl)nc12.Cl. The fraction of sp³-hybridized carbons (Fsp3) is 0.300.